The summed E-state index contributed by atoms with van der Waals surface area (Å²) >= 11 is 6.20. The van der Waals surface area contributed by atoms with Crippen LogP contribution in [0.1, 0.15) is 24.1 Å². The first-order chi connectivity index (χ1) is 11.0. The second kappa shape index (κ2) is 6.29. The molecule has 0 saturated heterocycles. The van der Waals surface area contributed by atoms with Crippen LogP contribution in [0.2, 0.25) is 5.02 Å². The normalized spacial score (nSPS) is 10.9. The van der Waals surface area contributed by atoms with Gasteiger partial charge in [0.1, 0.15) is 28.7 Å². The van der Waals surface area contributed by atoms with Crippen molar-refractivity contribution in [3.8, 4) is 5.88 Å². The van der Waals surface area contributed by atoms with Gasteiger partial charge < -0.3 is 19.6 Å². The maximum atomic E-state index is 11.0. The molecule has 0 unspecified atom stereocenters. The largest absolute Gasteiger partial charge is 0.470 e. The van der Waals surface area contributed by atoms with Crippen LogP contribution < -0.4 is 10.1 Å². The van der Waals surface area contributed by atoms with E-state index in [4.69, 9.17) is 20.9 Å². The first-order valence-corrected chi connectivity index (χ1v) is 7.36. The van der Waals surface area contributed by atoms with Gasteiger partial charge in [0.25, 0.3) is 0 Å². The summed E-state index contributed by atoms with van der Waals surface area (Å²) < 4.78 is 10.6. The summed E-state index contributed by atoms with van der Waals surface area (Å²) in [6.07, 6.45) is 0. The lowest BCUT2D eigenvalue weighted by atomic mass is 10.3. The number of carbonyl (C=O) groups is 1. The van der Waals surface area contributed by atoms with E-state index in [1.807, 2.05) is 13.0 Å². The first kappa shape index (κ1) is 15.4. The minimum Gasteiger partial charge on any atom is -0.470 e. The van der Waals surface area contributed by atoms with Crippen LogP contribution in [0.3, 0.4) is 0 Å². The third-order valence-corrected chi connectivity index (χ3v) is 3.41. The molecule has 0 aliphatic heterocycles. The second-order valence-electron chi connectivity index (χ2n) is 5.14. The standard InChI is InChI=1S/C15H15ClN4O3/c1-8-3-12(20-23-8)7-22-15-13(16)5-10-4-11(6-17-9(2)21)18-14(10)19-15/h3-5H,6-7H2,1-2H3,(H,17,21)(H,18,19). The van der Waals surface area contributed by atoms with Crippen molar-refractivity contribution in [3.05, 3.63) is 40.4 Å². The summed E-state index contributed by atoms with van der Waals surface area (Å²) in [5.41, 5.74) is 2.14. The van der Waals surface area contributed by atoms with Gasteiger partial charge in [-0.2, -0.15) is 4.98 Å². The number of aryl methyl sites for hydroxylation is 1. The van der Waals surface area contributed by atoms with Crippen LogP contribution in [-0.2, 0) is 17.9 Å². The van der Waals surface area contributed by atoms with Crippen molar-refractivity contribution in [3.63, 3.8) is 0 Å². The number of aromatic amines is 1. The Hall–Kier alpha value is -2.54. The minimum atomic E-state index is -0.0958. The smallest absolute Gasteiger partial charge is 0.235 e. The van der Waals surface area contributed by atoms with Gasteiger partial charge in [-0.3, -0.25) is 4.79 Å². The molecule has 3 rings (SSSR count). The summed E-state index contributed by atoms with van der Waals surface area (Å²) in [6.45, 7) is 3.89. The molecule has 0 spiro atoms. The van der Waals surface area contributed by atoms with Gasteiger partial charge in [0, 0.05) is 24.1 Å². The Labute approximate surface area is 137 Å². The number of nitrogens with one attached hydrogen (secondary N) is 2. The van der Waals surface area contributed by atoms with Crippen LogP contribution in [0.15, 0.2) is 22.7 Å². The second-order valence-corrected chi connectivity index (χ2v) is 5.54. The van der Waals surface area contributed by atoms with Crippen molar-refractivity contribution in [1.29, 1.82) is 0 Å². The molecule has 8 heteroatoms. The molecule has 3 heterocycles. The highest BCUT2D eigenvalue weighted by atomic mass is 35.5. The molecular formula is C15H15ClN4O3. The molecule has 2 N–H and O–H groups in total. The van der Waals surface area contributed by atoms with E-state index in [9.17, 15) is 4.79 Å². The number of aromatic nitrogens is 3. The number of ether oxygens (including phenoxy) is 1. The Morgan fingerprint density at radius 1 is 1.43 bits per heavy atom. The highest BCUT2D eigenvalue weighted by Gasteiger charge is 2.11. The van der Waals surface area contributed by atoms with E-state index in [0.29, 0.717) is 34.5 Å². The fourth-order valence-electron chi connectivity index (χ4n) is 2.12. The topological polar surface area (TPSA) is 93.0 Å². The van der Waals surface area contributed by atoms with Crippen LogP contribution in [-0.4, -0.2) is 21.0 Å². The van der Waals surface area contributed by atoms with Crippen LogP contribution in [0.25, 0.3) is 11.0 Å². The lowest BCUT2D eigenvalue weighted by Gasteiger charge is -2.04. The highest BCUT2D eigenvalue weighted by molar-refractivity contribution is 6.32. The van der Waals surface area contributed by atoms with Gasteiger partial charge in [0.15, 0.2) is 0 Å². The molecule has 23 heavy (non-hydrogen) atoms. The Bertz CT molecular complexity index is 856. The quantitative estimate of drug-likeness (QED) is 0.748. The van der Waals surface area contributed by atoms with Crippen LogP contribution >= 0.6 is 11.6 Å². The van der Waals surface area contributed by atoms with E-state index in [1.165, 1.54) is 6.92 Å². The summed E-state index contributed by atoms with van der Waals surface area (Å²) in [5.74, 6) is 0.930. The van der Waals surface area contributed by atoms with E-state index >= 15 is 0 Å². The van der Waals surface area contributed by atoms with E-state index in [1.54, 1.807) is 12.1 Å². The molecule has 3 aromatic heterocycles. The third-order valence-electron chi connectivity index (χ3n) is 3.14. The van der Waals surface area contributed by atoms with Crippen LogP contribution in [0.4, 0.5) is 0 Å². The van der Waals surface area contributed by atoms with Crippen molar-refractivity contribution in [2.24, 2.45) is 0 Å². The average molecular weight is 335 g/mol. The van der Waals surface area contributed by atoms with Crippen molar-refractivity contribution in [2.75, 3.05) is 0 Å². The van der Waals surface area contributed by atoms with Gasteiger partial charge in [-0.1, -0.05) is 16.8 Å². The molecule has 120 valence electrons. The Kier molecular flexibility index (Phi) is 4.20. The monoisotopic (exact) mass is 334 g/mol. The highest BCUT2D eigenvalue weighted by Crippen LogP contribution is 2.27. The summed E-state index contributed by atoms with van der Waals surface area (Å²) in [6, 6.07) is 5.43. The average Bonchev–Trinajstić information content (AvgIpc) is 3.08. The summed E-state index contributed by atoms with van der Waals surface area (Å²) in [5, 5.41) is 7.82. The molecule has 0 radical (unpaired) electrons. The van der Waals surface area contributed by atoms with Gasteiger partial charge in [-0.25, -0.2) is 0 Å². The van der Waals surface area contributed by atoms with E-state index < -0.39 is 0 Å². The molecular weight excluding hydrogens is 320 g/mol. The van der Waals surface area contributed by atoms with Gasteiger partial charge in [0.05, 0.1) is 6.54 Å². The number of hydrogen-bond donors (Lipinski definition) is 2. The number of rotatable bonds is 5. The fourth-order valence-corrected chi connectivity index (χ4v) is 2.33. The molecule has 0 atom stereocenters. The van der Waals surface area contributed by atoms with Crippen molar-refractivity contribution >= 4 is 28.5 Å². The lowest BCUT2D eigenvalue weighted by molar-refractivity contribution is -0.119. The number of amides is 1. The Morgan fingerprint density at radius 2 is 2.26 bits per heavy atom. The van der Waals surface area contributed by atoms with Crippen LogP contribution in [0.5, 0.6) is 5.88 Å². The van der Waals surface area contributed by atoms with E-state index in [2.05, 4.69) is 20.4 Å². The van der Waals surface area contributed by atoms with Crippen molar-refractivity contribution in [1.82, 2.24) is 20.4 Å². The molecule has 1 amide bonds. The lowest BCUT2D eigenvalue weighted by Crippen LogP contribution is -2.18. The maximum Gasteiger partial charge on any atom is 0.235 e. The molecule has 0 bridgehead atoms. The number of hydrogen-bond acceptors (Lipinski definition) is 5. The summed E-state index contributed by atoms with van der Waals surface area (Å²) in [4.78, 5) is 18.5. The molecule has 0 aliphatic carbocycles. The molecule has 0 saturated carbocycles. The number of nitrogens with zero attached hydrogens (tertiary/aromatic N) is 2. The number of fused-ring (bicyclic) bond motifs is 1. The number of halogens is 1. The van der Waals surface area contributed by atoms with Gasteiger partial charge in [0.2, 0.25) is 11.8 Å². The number of pyridine rings is 1. The Balaban J connectivity index is 1.77. The van der Waals surface area contributed by atoms with Crippen molar-refractivity contribution in [2.45, 2.75) is 27.0 Å². The van der Waals surface area contributed by atoms with E-state index in [0.717, 1.165) is 11.1 Å². The number of H-pyrrole nitrogens is 1. The first-order valence-electron chi connectivity index (χ1n) is 6.99. The fraction of sp³-hybridized carbons (Fsp3) is 0.267. The van der Waals surface area contributed by atoms with Crippen molar-refractivity contribution < 1.29 is 14.1 Å². The zero-order valence-electron chi connectivity index (χ0n) is 12.6. The Morgan fingerprint density at radius 3 is 2.96 bits per heavy atom. The predicted molar refractivity (Wildman–Crippen MR) is 84.2 cm³/mol. The third kappa shape index (κ3) is 3.62. The molecule has 0 aromatic carbocycles. The summed E-state index contributed by atoms with van der Waals surface area (Å²) in [7, 11) is 0. The maximum absolute atomic E-state index is 11.0. The van der Waals surface area contributed by atoms with Gasteiger partial charge >= 0.3 is 0 Å². The molecule has 0 aliphatic rings. The zero-order valence-corrected chi connectivity index (χ0v) is 13.4. The van der Waals surface area contributed by atoms with Gasteiger partial charge in [-0.05, 0) is 19.1 Å². The van der Waals surface area contributed by atoms with Crippen LogP contribution in [0, 0.1) is 6.92 Å². The zero-order chi connectivity index (χ0) is 16.4. The molecule has 7 nitrogen and oxygen atoms in total. The predicted octanol–water partition coefficient (Wildman–Crippen LogP) is 2.73. The molecule has 3 aromatic rings. The SMILES string of the molecule is CC(=O)NCc1cc2cc(Cl)c(OCc3cc(C)on3)nc2[nH]1. The minimum absolute atomic E-state index is 0.0958. The molecule has 0 fully saturated rings. The van der Waals surface area contributed by atoms with E-state index in [-0.39, 0.29) is 12.5 Å². The number of carbonyl (C=O) groups excluding carboxylic acids is 1. The van der Waals surface area contributed by atoms with Gasteiger partial charge in [-0.15, -0.1) is 0 Å².